The van der Waals surface area contributed by atoms with Crippen LogP contribution in [-0.2, 0) is 10.0 Å². The Morgan fingerprint density at radius 2 is 1.78 bits per heavy atom. The summed E-state index contributed by atoms with van der Waals surface area (Å²) in [6.07, 6.45) is 0.510. The van der Waals surface area contributed by atoms with E-state index in [4.69, 9.17) is 0 Å². The summed E-state index contributed by atoms with van der Waals surface area (Å²) in [7, 11) is -1.85. The minimum atomic E-state index is -3.87. The van der Waals surface area contributed by atoms with Crippen molar-refractivity contribution < 1.29 is 13.3 Å². The van der Waals surface area contributed by atoms with Crippen molar-refractivity contribution in [3.05, 3.63) is 34.4 Å². The van der Waals surface area contributed by atoms with Crippen LogP contribution in [0, 0.1) is 10.1 Å². The maximum atomic E-state index is 12.4. The molecule has 1 aliphatic heterocycles. The van der Waals surface area contributed by atoms with E-state index in [1.165, 1.54) is 24.3 Å². The van der Waals surface area contributed by atoms with Crippen molar-refractivity contribution in [2.24, 2.45) is 4.40 Å². The third kappa shape index (κ3) is 4.26. The first-order chi connectivity index (χ1) is 10.8. The SMILES string of the molecule is CC/C(=N/S(=O)(=O)c1ccc([N+](=O)[O-])cc1)N1CCN(C)CC1. The highest BCUT2D eigenvalue weighted by Gasteiger charge is 2.21. The molecule has 0 aromatic heterocycles. The maximum Gasteiger partial charge on any atom is 0.283 e. The van der Waals surface area contributed by atoms with E-state index in [1.807, 2.05) is 18.9 Å². The molecule has 0 radical (unpaired) electrons. The van der Waals surface area contributed by atoms with E-state index in [9.17, 15) is 18.5 Å². The van der Waals surface area contributed by atoms with E-state index >= 15 is 0 Å². The highest BCUT2D eigenvalue weighted by molar-refractivity contribution is 7.90. The van der Waals surface area contributed by atoms with Gasteiger partial charge in [-0.05, 0) is 19.2 Å². The molecule has 1 aromatic carbocycles. The number of amidine groups is 1. The Balaban J connectivity index is 2.24. The van der Waals surface area contributed by atoms with Gasteiger partial charge in [-0.25, -0.2) is 0 Å². The quantitative estimate of drug-likeness (QED) is 0.355. The smallest absolute Gasteiger partial charge is 0.283 e. The predicted molar refractivity (Wildman–Crippen MR) is 87.1 cm³/mol. The van der Waals surface area contributed by atoms with Gasteiger partial charge in [0.05, 0.1) is 9.82 Å². The molecule has 8 nitrogen and oxygen atoms in total. The number of nitro groups is 1. The molecule has 126 valence electrons. The summed E-state index contributed by atoms with van der Waals surface area (Å²) in [6.45, 7) is 5.05. The molecule has 2 rings (SSSR count). The number of hydrogen-bond acceptors (Lipinski definition) is 5. The Kier molecular flexibility index (Phi) is 5.32. The Hall–Kier alpha value is -2.00. The molecule has 0 unspecified atom stereocenters. The summed E-state index contributed by atoms with van der Waals surface area (Å²) in [4.78, 5) is 14.2. The molecule has 0 bridgehead atoms. The zero-order chi connectivity index (χ0) is 17.0. The zero-order valence-electron chi connectivity index (χ0n) is 13.2. The van der Waals surface area contributed by atoms with Crippen LogP contribution < -0.4 is 0 Å². The van der Waals surface area contributed by atoms with Gasteiger partial charge >= 0.3 is 0 Å². The van der Waals surface area contributed by atoms with Crippen LogP contribution in [-0.4, -0.2) is 62.2 Å². The van der Waals surface area contributed by atoms with Crippen LogP contribution >= 0.6 is 0 Å². The fourth-order valence-corrected chi connectivity index (χ4v) is 3.45. The number of hydrogen-bond donors (Lipinski definition) is 0. The number of sulfonamides is 1. The van der Waals surface area contributed by atoms with Crippen LogP contribution in [0.3, 0.4) is 0 Å². The highest BCUT2D eigenvalue weighted by atomic mass is 32.2. The monoisotopic (exact) mass is 340 g/mol. The number of nitro benzene ring substituents is 1. The first kappa shape index (κ1) is 17.4. The van der Waals surface area contributed by atoms with Gasteiger partial charge in [0.15, 0.2) is 0 Å². The van der Waals surface area contributed by atoms with E-state index in [0.29, 0.717) is 12.3 Å². The molecule has 0 N–H and O–H groups in total. The van der Waals surface area contributed by atoms with Crippen LogP contribution in [0.15, 0.2) is 33.6 Å². The molecule has 9 heteroatoms. The van der Waals surface area contributed by atoms with Crippen molar-refractivity contribution in [3.8, 4) is 0 Å². The second-order valence-electron chi connectivity index (χ2n) is 5.38. The molecular formula is C14H20N4O4S. The third-order valence-corrected chi connectivity index (χ3v) is 5.07. The fourth-order valence-electron chi connectivity index (χ4n) is 2.34. The van der Waals surface area contributed by atoms with Crippen molar-refractivity contribution in [3.63, 3.8) is 0 Å². The van der Waals surface area contributed by atoms with E-state index < -0.39 is 14.9 Å². The van der Waals surface area contributed by atoms with Gasteiger partial charge in [-0.3, -0.25) is 10.1 Å². The second-order valence-corrected chi connectivity index (χ2v) is 6.98. The summed E-state index contributed by atoms with van der Waals surface area (Å²) in [5, 5.41) is 10.6. The summed E-state index contributed by atoms with van der Waals surface area (Å²) >= 11 is 0. The van der Waals surface area contributed by atoms with Gasteiger partial charge in [0.1, 0.15) is 5.84 Å². The molecule has 0 spiro atoms. The van der Waals surface area contributed by atoms with E-state index in [0.717, 1.165) is 26.2 Å². The van der Waals surface area contributed by atoms with Gasteiger partial charge in [-0.2, -0.15) is 8.42 Å². The lowest BCUT2D eigenvalue weighted by molar-refractivity contribution is -0.384. The predicted octanol–water partition coefficient (Wildman–Crippen LogP) is 1.34. The third-order valence-electron chi connectivity index (χ3n) is 3.76. The number of nitrogens with zero attached hydrogens (tertiary/aromatic N) is 4. The molecule has 0 aliphatic carbocycles. The van der Waals surface area contributed by atoms with Crippen LogP contribution in [0.1, 0.15) is 13.3 Å². The Labute approximate surface area is 135 Å². The van der Waals surface area contributed by atoms with Crippen molar-refractivity contribution in [1.29, 1.82) is 0 Å². The molecule has 0 atom stereocenters. The molecule has 0 amide bonds. The summed E-state index contributed by atoms with van der Waals surface area (Å²) in [5.41, 5.74) is -0.150. The molecule has 1 aliphatic rings. The average Bonchev–Trinajstić information content (AvgIpc) is 2.53. The van der Waals surface area contributed by atoms with Crippen molar-refractivity contribution in [1.82, 2.24) is 9.80 Å². The lowest BCUT2D eigenvalue weighted by atomic mass is 10.3. The molecule has 1 aromatic rings. The lowest BCUT2D eigenvalue weighted by Crippen LogP contribution is -2.47. The first-order valence-corrected chi connectivity index (χ1v) is 8.79. The van der Waals surface area contributed by atoms with Crippen LogP contribution in [0.4, 0.5) is 5.69 Å². The molecule has 1 fully saturated rings. The van der Waals surface area contributed by atoms with Crippen LogP contribution in [0.2, 0.25) is 0 Å². The zero-order valence-corrected chi connectivity index (χ0v) is 14.0. The van der Waals surface area contributed by atoms with Gasteiger partial charge in [0.2, 0.25) is 0 Å². The largest absolute Gasteiger partial charge is 0.357 e. The van der Waals surface area contributed by atoms with Gasteiger partial charge < -0.3 is 9.80 Å². The summed E-state index contributed by atoms with van der Waals surface area (Å²) in [6, 6.07) is 4.77. The molecule has 23 heavy (non-hydrogen) atoms. The van der Waals surface area contributed by atoms with E-state index in [1.54, 1.807) is 0 Å². The normalized spacial score (nSPS) is 17.3. The number of rotatable bonds is 4. The Bertz CT molecular complexity index is 692. The van der Waals surface area contributed by atoms with E-state index in [-0.39, 0.29) is 10.6 Å². The fraction of sp³-hybridized carbons (Fsp3) is 0.500. The maximum absolute atomic E-state index is 12.4. The van der Waals surface area contributed by atoms with E-state index in [2.05, 4.69) is 9.30 Å². The molecule has 0 saturated carbocycles. The number of likely N-dealkylation sites (N-methyl/N-ethyl adjacent to an activating group) is 1. The van der Waals surface area contributed by atoms with Gasteiger partial charge in [0, 0.05) is 44.7 Å². The second kappa shape index (κ2) is 7.05. The van der Waals surface area contributed by atoms with Gasteiger partial charge in [-0.1, -0.05) is 6.92 Å². The lowest BCUT2D eigenvalue weighted by Gasteiger charge is -2.34. The van der Waals surface area contributed by atoms with Crippen LogP contribution in [0.25, 0.3) is 0 Å². The van der Waals surface area contributed by atoms with Gasteiger partial charge in [0.25, 0.3) is 15.7 Å². The number of benzene rings is 1. The molecular weight excluding hydrogens is 320 g/mol. The highest BCUT2D eigenvalue weighted by Crippen LogP contribution is 2.18. The Morgan fingerprint density at radius 1 is 1.22 bits per heavy atom. The van der Waals surface area contributed by atoms with Crippen molar-refractivity contribution in [2.75, 3.05) is 33.2 Å². The molecule has 1 heterocycles. The number of non-ortho nitro benzene ring substituents is 1. The molecule has 1 saturated heterocycles. The number of piperazine rings is 1. The topological polar surface area (TPSA) is 96.1 Å². The first-order valence-electron chi connectivity index (χ1n) is 7.35. The average molecular weight is 340 g/mol. The van der Waals surface area contributed by atoms with Gasteiger partial charge in [-0.15, -0.1) is 4.40 Å². The minimum absolute atomic E-state index is 0.0387. The summed E-state index contributed by atoms with van der Waals surface area (Å²) in [5.74, 6) is 0.524. The van der Waals surface area contributed by atoms with Crippen molar-refractivity contribution in [2.45, 2.75) is 18.2 Å². The minimum Gasteiger partial charge on any atom is -0.357 e. The standard InChI is InChI=1S/C14H20N4O4S/c1-3-14(17-10-8-16(2)9-11-17)15-23(21,22)13-6-4-12(5-7-13)18(19)20/h4-7H,3,8-11H2,1-2H3/b15-14-. The summed E-state index contributed by atoms with van der Waals surface area (Å²) < 4.78 is 28.7. The van der Waals surface area contributed by atoms with Crippen molar-refractivity contribution >= 4 is 21.5 Å². The Morgan fingerprint density at radius 3 is 2.26 bits per heavy atom. The van der Waals surface area contributed by atoms with Crippen LogP contribution in [0.5, 0.6) is 0 Å².